The molecule has 0 unspecified atom stereocenters. The van der Waals surface area contributed by atoms with Gasteiger partial charge < -0.3 is 14.8 Å². The van der Waals surface area contributed by atoms with Crippen molar-refractivity contribution in [3.05, 3.63) is 50.9 Å². The van der Waals surface area contributed by atoms with Gasteiger partial charge in [-0.1, -0.05) is 17.4 Å². The van der Waals surface area contributed by atoms with Crippen molar-refractivity contribution in [2.45, 2.75) is 20.0 Å². The zero-order chi connectivity index (χ0) is 18.6. The van der Waals surface area contributed by atoms with Gasteiger partial charge in [0.15, 0.2) is 6.10 Å². The lowest BCUT2D eigenvalue weighted by Gasteiger charge is -2.15. The lowest BCUT2D eigenvalue weighted by Crippen LogP contribution is -2.30. The molecule has 1 heterocycles. The van der Waals surface area contributed by atoms with Gasteiger partial charge in [-0.3, -0.25) is 14.9 Å². The lowest BCUT2D eigenvalue weighted by molar-refractivity contribution is -0.380. The van der Waals surface area contributed by atoms with Gasteiger partial charge in [-0.2, -0.15) is 0 Å². The predicted molar refractivity (Wildman–Crippen MR) is 92.2 cm³/mol. The molecule has 2 aromatic rings. The second-order valence-corrected chi connectivity index (χ2v) is 6.20. The second kappa shape index (κ2) is 7.75. The number of thiophene rings is 1. The molecule has 0 saturated heterocycles. The topological polar surface area (TPSA) is 108 Å². The van der Waals surface area contributed by atoms with Crippen molar-refractivity contribution in [1.29, 1.82) is 0 Å². The molecule has 1 N–H and O–H groups in total. The molecule has 0 spiro atoms. The first kappa shape index (κ1) is 18.4. The molecule has 25 heavy (non-hydrogen) atoms. The first-order valence-corrected chi connectivity index (χ1v) is 8.04. The van der Waals surface area contributed by atoms with E-state index in [-0.39, 0.29) is 9.88 Å². The van der Waals surface area contributed by atoms with Crippen LogP contribution >= 0.6 is 11.3 Å². The van der Waals surface area contributed by atoms with E-state index in [2.05, 4.69) is 5.32 Å². The average molecular weight is 364 g/mol. The third kappa shape index (κ3) is 4.54. The highest BCUT2D eigenvalue weighted by molar-refractivity contribution is 7.17. The highest BCUT2D eigenvalue weighted by Crippen LogP contribution is 2.26. The quantitative estimate of drug-likeness (QED) is 0.479. The van der Waals surface area contributed by atoms with Crippen LogP contribution in [-0.4, -0.2) is 30.0 Å². The van der Waals surface area contributed by atoms with Gasteiger partial charge in [0.05, 0.1) is 17.7 Å². The lowest BCUT2D eigenvalue weighted by atomic mass is 10.2. The van der Waals surface area contributed by atoms with E-state index in [0.717, 1.165) is 5.56 Å². The Morgan fingerprint density at radius 1 is 1.28 bits per heavy atom. The number of amides is 1. The van der Waals surface area contributed by atoms with E-state index in [1.807, 2.05) is 13.0 Å². The van der Waals surface area contributed by atoms with Gasteiger partial charge in [0.1, 0.15) is 10.6 Å². The molecule has 9 heteroatoms. The minimum Gasteiger partial charge on any atom is -0.495 e. The molecule has 1 aromatic heterocycles. The SMILES string of the molecule is COc1ccc(C)cc1NC(=O)[C@@H](C)OC(=O)c1ccc([N+](=O)[O-])s1. The van der Waals surface area contributed by atoms with Crippen LogP contribution in [0.25, 0.3) is 0 Å². The van der Waals surface area contributed by atoms with Gasteiger partial charge in [0.25, 0.3) is 5.91 Å². The number of methoxy groups -OCH3 is 1. The van der Waals surface area contributed by atoms with Crippen LogP contribution in [0, 0.1) is 17.0 Å². The van der Waals surface area contributed by atoms with E-state index in [1.165, 1.54) is 26.2 Å². The number of nitrogens with one attached hydrogen (secondary N) is 1. The standard InChI is InChI=1S/C16H16N2O6S/c1-9-4-5-12(23-3)11(8-9)17-15(19)10(2)24-16(20)13-6-7-14(25-13)18(21)22/h4-8,10H,1-3H3,(H,17,19)/t10-/m1/s1. The van der Waals surface area contributed by atoms with Crippen LogP contribution < -0.4 is 10.1 Å². The molecule has 2 rings (SSSR count). The van der Waals surface area contributed by atoms with Crippen LogP contribution in [0.4, 0.5) is 10.7 Å². The number of anilines is 1. The Kier molecular flexibility index (Phi) is 5.71. The first-order valence-electron chi connectivity index (χ1n) is 7.22. The molecule has 1 aromatic carbocycles. The summed E-state index contributed by atoms with van der Waals surface area (Å²) in [6, 6.07) is 7.78. The summed E-state index contributed by atoms with van der Waals surface area (Å²) in [4.78, 5) is 34.3. The Balaban J connectivity index is 2.03. The molecule has 0 saturated carbocycles. The highest BCUT2D eigenvalue weighted by atomic mass is 32.1. The van der Waals surface area contributed by atoms with Crippen molar-refractivity contribution in [3.8, 4) is 5.75 Å². The van der Waals surface area contributed by atoms with Crippen molar-refractivity contribution in [2.75, 3.05) is 12.4 Å². The molecule has 1 amide bonds. The predicted octanol–water partition coefficient (Wildman–Crippen LogP) is 3.16. The Hall–Kier alpha value is -2.94. The van der Waals surface area contributed by atoms with Gasteiger partial charge >= 0.3 is 11.0 Å². The van der Waals surface area contributed by atoms with Gasteiger partial charge in [-0.05, 0) is 37.6 Å². The van der Waals surface area contributed by atoms with Gasteiger partial charge in [0, 0.05) is 6.07 Å². The van der Waals surface area contributed by atoms with E-state index >= 15 is 0 Å². The molecular weight excluding hydrogens is 348 g/mol. The number of carbonyl (C=O) groups is 2. The molecule has 8 nitrogen and oxygen atoms in total. The summed E-state index contributed by atoms with van der Waals surface area (Å²) in [5.74, 6) is -0.855. The second-order valence-electron chi connectivity index (χ2n) is 5.14. The van der Waals surface area contributed by atoms with E-state index in [4.69, 9.17) is 9.47 Å². The number of carbonyl (C=O) groups excluding carboxylic acids is 2. The maximum atomic E-state index is 12.2. The summed E-state index contributed by atoms with van der Waals surface area (Å²) in [6.07, 6.45) is -1.08. The molecule has 0 radical (unpaired) electrons. The summed E-state index contributed by atoms with van der Waals surface area (Å²) in [5.41, 5.74) is 1.38. The fraction of sp³-hybridized carbons (Fsp3) is 0.250. The summed E-state index contributed by atoms with van der Waals surface area (Å²) in [6.45, 7) is 3.28. The summed E-state index contributed by atoms with van der Waals surface area (Å²) >= 11 is 0.689. The van der Waals surface area contributed by atoms with Gasteiger partial charge in [0.2, 0.25) is 0 Å². The number of hydrogen-bond acceptors (Lipinski definition) is 7. The maximum absolute atomic E-state index is 12.2. The third-order valence-corrected chi connectivity index (χ3v) is 4.26. The smallest absolute Gasteiger partial charge is 0.349 e. The number of benzene rings is 1. The molecule has 0 bridgehead atoms. The van der Waals surface area contributed by atoms with E-state index < -0.39 is 22.9 Å². The number of esters is 1. The Labute approximate surface area is 147 Å². The number of nitro groups is 1. The number of rotatable bonds is 6. The van der Waals surface area contributed by atoms with Crippen LogP contribution in [0.15, 0.2) is 30.3 Å². The van der Waals surface area contributed by atoms with Crippen molar-refractivity contribution >= 4 is 33.9 Å². The summed E-state index contributed by atoms with van der Waals surface area (Å²) in [7, 11) is 1.48. The average Bonchev–Trinajstić information content (AvgIpc) is 3.05. The molecule has 1 atom stereocenters. The number of nitrogens with zero attached hydrogens (tertiary/aromatic N) is 1. The van der Waals surface area contributed by atoms with Gasteiger partial charge in [-0.25, -0.2) is 4.79 Å². The molecule has 132 valence electrons. The fourth-order valence-electron chi connectivity index (χ4n) is 1.96. The Morgan fingerprint density at radius 3 is 2.60 bits per heavy atom. The van der Waals surface area contributed by atoms with Crippen LogP contribution in [0.1, 0.15) is 22.2 Å². The normalized spacial score (nSPS) is 11.5. The number of hydrogen-bond donors (Lipinski definition) is 1. The Bertz CT molecular complexity index is 817. The largest absolute Gasteiger partial charge is 0.495 e. The van der Waals surface area contributed by atoms with Crippen molar-refractivity contribution < 1.29 is 24.0 Å². The Morgan fingerprint density at radius 2 is 2.00 bits per heavy atom. The van der Waals surface area contributed by atoms with Crippen molar-refractivity contribution in [1.82, 2.24) is 0 Å². The van der Waals surface area contributed by atoms with Crippen LogP contribution in [0.2, 0.25) is 0 Å². The number of ether oxygens (including phenoxy) is 2. The van der Waals surface area contributed by atoms with Gasteiger partial charge in [-0.15, -0.1) is 0 Å². The molecular formula is C16H16N2O6S. The van der Waals surface area contributed by atoms with Crippen molar-refractivity contribution in [2.24, 2.45) is 0 Å². The van der Waals surface area contributed by atoms with Crippen LogP contribution in [-0.2, 0) is 9.53 Å². The zero-order valence-electron chi connectivity index (χ0n) is 13.8. The monoisotopic (exact) mass is 364 g/mol. The molecule has 0 aliphatic carbocycles. The summed E-state index contributed by atoms with van der Waals surface area (Å²) in [5, 5.41) is 13.1. The van der Waals surface area contributed by atoms with E-state index in [9.17, 15) is 19.7 Å². The minimum atomic E-state index is -1.08. The minimum absolute atomic E-state index is 0.0551. The molecule has 0 fully saturated rings. The first-order chi connectivity index (χ1) is 11.8. The number of aryl methyl sites for hydroxylation is 1. The fourth-order valence-corrected chi connectivity index (χ4v) is 2.66. The zero-order valence-corrected chi connectivity index (χ0v) is 14.6. The third-order valence-electron chi connectivity index (χ3n) is 3.24. The van der Waals surface area contributed by atoms with Crippen LogP contribution in [0.5, 0.6) is 5.75 Å². The van der Waals surface area contributed by atoms with Crippen molar-refractivity contribution in [3.63, 3.8) is 0 Å². The van der Waals surface area contributed by atoms with Crippen LogP contribution in [0.3, 0.4) is 0 Å². The summed E-state index contributed by atoms with van der Waals surface area (Å²) < 4.78 is 10.2. The molecule has 0 aliphatic heterocycles. The molecule has 0 aliphatic rings. The maximum Gasteiger partial charge on any atom is 0.349 e. The van der Waals surface area contributed by atoms with E-state index in [1.54, 1.807) is 12.1 Å². The van der Waals surface area contributed by atoms with E-state index in [0.29, 0.717) is 22.8 Å². The highest BCUT2D eigenvalue weighted by Gasteiger charge is 2.23.